The zero-order valence-electron chi connectivity index (χ0n) is 10.4. The Morgan fingerprint density at radius 2 is 1.94 bits per heavy atom. The Kier molecular flexibility index (Phi) is 3.46. The van der Waals surface area contributed by atoms with Crippen LogP contribution in [0.3, 0.4) is 0 Å². The molecule has 1 heterocycles. The molecule has 1 aromatic carbocycles. The third-order valence-corrected chi connectivity index (χ3v) is 2.86. The number of carboxylic acid groups (broad SMARTS) is 1. The molecule has 1 unspecified atom stereocenters. The Labute approximate surface area is 106 Å². The maximum Gasteiger partial charge on any atom is 0.331 e. The predicted octanol–water partition coefficient (Wildman–Crippen LogP) is 2.68. The summed E-state index contributed by atoms with van der Waals surface area (Å²) in [6.45, 7) is 4.07. The van der Waals surface area contributed by atoms with E-state index in [1.807, 2.05) is 44.2 Å². The molecule has 4 heteroatoms. The first kappa shape index (κ1) is 12.4. The summed E-state index contributed by atoms with van der Waals surface area (Å²) >= 11 is 0. The molecule has 94 valence electrons. The number of rotatable bonds is 4. The van der Waals surface area contributed by atoms with Crippen molar-refractivity contribution in [3.05, 3.63) is 54.1 Å². The van der Waals surface area contributed by atoms with Gasteiger partial charge in [-0.2, -0.15) is 0 Å². The Hall–Kier alpha value is -2.10. The van der Waals surface area contributed by atoms with Gasteiger partial charge in [-0.25, -0.2) is 9.78 Å². The molecule has 0 aliphatic rings. The molecule has 0 bridgehead atoms. The van der Waals surface area contributed by atoms with Crippen LogP contribution >= 0.6 is 0 Å². The largest absolute Gasteiger partial charge is 0.479 e. The van der Waals surface area contributed by atoms with Crippen LogP contribution in [0.5, 0.6) is 0 Å². The van der Waals surface area contributed by atoms with Gasteiger partial charge >= 0.3 is 5.97 Å². The lowest BCUT2D eigenvalue weighted by Gasteiger charge is -2.13. The van der Waals surface area contributed by atoms with Gasteiger partial charge in [0.2, 0.25) is 0 Å². The molecule has 2 rings (SSSR count). The number of aliphatic carboxylic acids is 1. The molecule has 18 heavy (non-hydrogen) atoms. The Morgan fingerprint density at radius 1 is 1.28 bits per heavy atom. The maximum atomic E-state index is 11.4. The van der Waals surface area contributed by atoms with Gasteiger partial charge in [-0.3, -0.25) is 0 Å². The van der Waals surface area contributed by atoms with Crippen molar-refractivity contribution in [2.24, 2.45) is 0 Å². The van der Waals surface area contributed by atoms with Crippen LogP contribution in [0.25, 0.3) is 0 Å². The lowest BCUT2D eigenvalue weighted by molar-refractivity contribution is -0.139. The molecule has 0 saturated carbocycles. The van der Waals surface area contributed by atoms with E-state index in [1.165, 1.54) is 0 Å². The molecule has 0 saturated heterocycles. The molecule has 2 aromatic rings. The van der Waals surface area contributed by atoms with Gasteiger partial charge in [-0.15, -0.1) is 0 Å². The van der Waals surface area contributed by atoms with Crippen LogP contribution < -0.4 is 0 Å². The first-order valence-electron chi connectivity index (χ1n) is 5.90. The van der Waals surface area contributed by atoms with Gasteiger partial charge in [-0.1, -0.05) is 44.2 Å². The fourth-order valence-corrected chi connectivity index (χ4v) is 1.87. The van der Waals surface area contributed by atoms with E-state index < -0.39 is 12.0 Å². The van der Waals surface area contributed by atoms with Crippen molar-refractivity contribution in [3.8, 4) is 0 Å². The van der Waals surface area contributed by atoms with Gasteiger partial charge in [0.1, 0.15) is 0 Å². The van der Waals surface area contributed by atoms with Gasteiger partial charge in [0.15, 0.2) is 6.04 Å². The third kappa shape index (κ3) is 2.42. The maximum absolute atomic E-state index is 11.4. The standard InChI is InChI=1S/C14H16N2O2/c1-10(2)12-8-16(9-15-12)13(14(17)18)11-6-4-3-5-7-11/h3-10,13H,1-2H3,(H,17,18). The Bertz CT molecular complexity index is 532. The van der Waals surface area contributed by atoms with E-state index in [0.29, 0.717) is 0 Å². The van der Waals surface area contributed by atoms with Crippen molar-refractivity contribution in [1.29, 1.82) is 0 Å². The molecule has 0 fully saturated rings. The smallest absolute Gasteiger partial charge is 0.331 e. The minimum Gasteiger partial charge on any atom is -0.479 e. The van der Waals surface area contributed by atoms with Crippen LogP contribution in [0.2, 0.25) is 0 Å². The molecular weight excluding hydrogens is 228 g/mol. The molecule has 4 nitrogen and oxygen atoms in total. The van der Waals surface area contributed by atoms with Crippen LogP contribution in [-0.4, -0.2) is 20.6 Å². The summed E-state index contributed by atoms with van der Waals surface area (Å²) in [5, 5.41) is 9.38. The van der Waals surface area contributed by atoms with E-state index in [-0.39, 0.29) is 5.92 Å². The number of carboxylic acids is 1. The van der Waals surface area contributed by atoms with E-state index in [2.05, 4.69) is 4.98 Å². The van der Waals surface area contributed by atoms with Gasteiger partial charge in [-0.05, 0) is 11.5 Å². The summed E-state index contributed by atoms with van der Waals surface area (Å²) in [7, 11) is 0. The van der Waals surface area contributed by atoms with Crippen molar-refractivity contribution >= 4 is 5.97 Å². The van der Waals surface area contributed by atoms with Crippen LogP contribution in [0.4, 0.5) is 0 Å². The molecule has 1 N–H and O–H groups in total. The third-order valence-electron chi connectivity index (χ3n) is 2.86. The van der Waals surface area contributed by atoms with Crippen molar-refractivity contribution in [2.45, 2.75) is 25.8 Å². The minimum absolute atomic E-state index is 0.288. The molecule has 1 atom stereocenters. The van der Waals surface area contributed by atoms with Crippen LogP contribution in [-0.2, 0) is 4.79 Å². The summed E-state index contributed by atoms with van der Waals surface area (Å²) in [6.07, 6.45) is 3.39. The number of imidazole rings is 1. The molecule has 0 aliphatic heterocycles. The lowest BCUT2D eigenvalue weighted by atomic mass is 10.1. The first-order chi connectivity index (χ1) is 8.59. The number of benzene rings is 1. The zero-order chi connectivity index (χ0) is 13.1. The SMILES string of the molecule is CC(C)c1cn(C(C(=O)O)c2ccccc2)cn1. The predicted molar refractivity (Wildman–Crippen MR) is 68.5 cm³/mol. The van der Waals surface area contributed by atoms with Crippen molar-refractivity contribution in [1.82, 2.24) is 9.55 Å². The van der Waals surface area contributed by atoms with E-state index >= 15 is 0 Å². The quantitative estimate of drug-likeness (QED) is 0.899. The summed E-state index contributed by atoms with van der Waals surface area (Å²) < 4.78 is 1.65. The molecule has 0 aliphatic carbocycles. The van der Waals surface area contributed by atoms with Crippen LogP contribution in [0, 0.1) is 0 Å². The second-order valence-corrected chi connectivity index (χ2v) is 4.55. The molecule has 0 amide bonds. The number of hydrogen-bond acceptors (Lipinski definition) is 2. The summed E-state index contributed by atoms with van der Waals surface area (Å²) in [5.74, 6) is -0.592. The highest BCUT2D eigenvalue weighted by Gasteiger charge is 2.22. The highest BCUT2D eigenvalue weighted by molar-refractivity contribution is 5.76. The summed E-state index contributed by atoms with van der Waals surface area (Å²) in [5.41, 5.74) is 1.65. The van der Waals surface area contributed by atoms with Crippen molar-refractivity contribution in [3.63, 3.8) is 0 Å². The van der Waals surface area contributed by atoms with E-state index in [9.17, 15) is 9.90 Å². The van der Waals surface area contributed by atoms with E-state index in [0.717, 1.165) is 11.3 Å². The normalized spacial score (nSPS) is 12.6. The van der Waals surface area contributed by atoms with Crippen LogP contribution in [0.1, 0.15) is 37.1 Å². The summed E-state index contributed by atoms with van der Waals surface area (Å²) in [6, 6.07) is 8.46. The average Bonchev–Trinajstić information content (AvgIpc) is 2.79. The molecular formula is C14H16N2O2. The number of nitrogens with zero attached hydrogens (tertiary/aromatic N) is 2. The summed E-state index contributed by atoms with van der Waals surface area (Å²) in [4.78, 5) is 15.7. The van der Waals surface area contributed by atoms with Crippen molar-refractivity contribution in [2.75, 3.05) is 0 Å². The number of aromatic nitrogens is 2. The second kappa shape index (κ2) is 5.04. The van der Waals surface area contributed by atoms with Gasteiger partial charge < -0.3 is 9.67 Å². The van der Waals surface area contributed by atoms with E-state index in [4.69, 9.17) is 0 Å². The topological polar surface area (TPSA) is 55.1 Å². The molecule has 0 spiro atoms. The fraction of sp³-hybridized carbons (Fsp3) is 0.286. The Balaban J connectivity index is 2.39. The number of carbonyl (C=O) groups is 1. The Morgan fingerprint density at radius 3 is 2.44 bits per heavy atom. The highest BCUT2D eigenvalue weighted by atomic mass is 16.4. The van der Waals surface area contributed by atoms with Gasteiger partial charge in [0, 0.05) is 6.20 Å². The highest BCUT2D eigenvalue weighted by Crippen LogP contribution is 2.21. The second-order valence-electron chi connectivity index (χ2n) is 4.55. The molecule has 0 radical (unpaired) electrons. The average molecular weight is 244 g/mol. The van der Waals surface area contributed by atoms with Crippen molar-refractivity contribution < 1.29 is 9.90 Å². The van der Waals surface area contributed by atoms with Crippen LogP contribution in [0.15, 0.2) is 42.9 Å². The van der Waals surface area contributed by atoms with Gasteiger partial charge in [0.05, 0.1) is 12.0 Å². The lowest BCUT2D eigenvalue weighted by Crippen LogP contribution is -2.19. The zero-order valence-corrected chi connectivity index (χ0v) is 10.4. The molecule has 1 aromatic heterocycles. The first-order valence-corrected chi connectivity index (χ1v) is 5.90. The monoisotopic (exact) mass is 244 g/mol. The number of hydrogen-bond donors (Lipinski definition) is 1. The fourth-order valence-electron chi connectivity index (χ4n) is 1.87. The van der Waals surface area contributed by atoms with E-state index in [1.54, 1.807) is 17.1 Å². The minimum atomic E-state index is -0.881. The van der Waals surface area contributed by atoms with Gasteiger partial charge in [0.25, 0.3) is 0 Å².